The Kier molecular flexibility index (Phi) is 3.80. The Morgan fingerprint density at radius 1 is 1.48 bits per heavy atom. The van der Waals surface area contributed by atoms with Crippen LogP contribution in [0, 0.1) is 5.92 Å². The van der Waals surface area contributed by atoms with E-state index in [9.17, 15) is 9.90 Å². The minimum Gasteiger partial charge on any atom is -0.389 e. The van der Waals surface area contributed by atoms with E-state index in [-0.39, 0.29) is 17.6 Å². The molecule has 5 nitrogen and oxygen atoms in total. The van der Waals surface area contributed by atoms with Gasteiger partial charge in [-0.25, -0.2) is 4.98 Å². The normalized spacial score (nSPS) is 29.0. The molecule has 1 aromatic heterocycles. The van der Waals surface area contributed by atoms with Crippen molar-refractivity contribution < 1.29 is 9.90 Å². The van der Waals surface area contributed by atoms with Crippen molar-refractivity contribution in [3.8, 4) is 0 Å². The number of aliphatic hydroxyl groups is 1. The number of amides is 1. The Balaban J connectivity index is 1.79. The van der Waals surface area contributed by atoms with Crippen LogP contribution in [0.4, 0.5) is 5.82 Å². The number of rotatable bonds is 1. The van der Waals surface area contributed by atoms with E-state index in [2.05, 4.69) is 4.98 Å². The molecular weight excluding hydrogens is 290 g/mol. The predicted octanol–water partition coefficient (Wildman–Crippen LogP) is 2.08. The Morgan fingerprint density at radius 2 is 2.29 bits per heavy atom. The number of likely N-dealkylation sites (tertiary alicyclic amines) is 1. The summed E-state index contributed by atoms with van der Waals surface area (Å²) in [5.74, 6) is 0.331. The first-order chi connectivity index (χ1) is 9.99. The van der Waals surface area contributed by atoms with Gasteiger partial charge in [0.15, 0.2) is 0 Å². The molecule has 1 saturated carbocycles. The molecule has 0 aromatic carbocycles. The van der Waals surface area contributed by atoms with Crippen molar-refractivity contribution in [1.82, 2.24) is 9.88 Å². The first kappa shape index (κ1) is 14.6. The molecule has 2 atom stereocenters. The number of nitrogens with two attached hydrogens (primary N) is 1. The average molecular weight is 310 g/mol. The summed E-state index contributed by atoms with van der Waals surface area (Å²) in [5.41, 5.74) is 5.45. The fourth-order valence-corrected chi connectivity index (χ4v) is 3.73. The summed E-state index contributed by atoms with van der Waals surface area (Å²) in [6.07, 6.45) is 6.08. The van der Waals surface area contributed by atoms with Gasteiger partial charge in [0.05, 0.1) is 16.2 Å². The summed E-state index contributed by atoms with van der Waals surface area (Å²) >= 11 is 6.06. The first-order valence-electron chi connectivity index (χ1n) is 7.42. The van der Waals surface area contributed by atoms with Crippen LogP contribution in [-0.2, 0) is 0 Å². The average Bonchev–Trinajstić information content (AvgIpc) is 2.48. The van der Waals surface area contributed by atoms with Crippen molar-refractivity contribution in [2.75, 3.05) is 18.8 Å². The SMILES string of the molecule is Nc1cc(C(=O)N2CCC3(O)CCCCC3C2)c(Cl)cn1. The zero-order chi connectivity index (χ0) is 15.0. The number of nitrogen functional groups attached to an aromatic ring is 1. The van der Waals surface area contributed by atoms with Crippen LogP contribution in [0.15, 0.2) is 12.3 Å². The van der Waals surface area contributed by atoms with Gasteiger partial charge in [-0.1, -0.05) is 24.4 Å². The minimum atomic E-state index is -0.587. The number of anilines is 1. The maximum absolute atomic E-state index is 12.6. The summed E-state index contributed by atoms with van der Waals surface area (Å²) in [5, 5.41) is 11.0. The van der Waals surface area contributed by atoms with E-state index >= 15 is 0 Å². The standard InChI is InChI=1S/C15H20ClN3O2/c16-12-8-18-13(17)7-11(12)14(20)19-6-5-15(21)4-2-1-3-10(15)9-19/h7-8,10,21H,1-6,9H2,(H2,17,18). The molecule has 2 aliphatic rings. The number of halogens is 1. The van der Waals surface area contributed by atoms with E-state index in [0.717, 1.165) is 25.7 Å². The summed E-state index contributed by atoms with van der Waals surface area (Å²) in [6, 6.07) is 1.52. The molecule has 3 rings (SSSR count). The summed E-state index contributed by atoms with van der Waals surface area (Å²) in [4.78, 5) is 18.3. The van der Waals surface area contributed by atoms with Gasteiger partial charge in [0.1, 0.15) is 5.82 Å². The summed E-state index contributed by atoms with van der Waals surface area (Å²) < 4.78 is 0. The number of fused-ring (bicyclic) bond motifs is 1. The number of hydrogen-bond acceptors (Lipinski definition) is 4. The van der Waals surface area contributed by atoms with Crippen LogP contribution in [0.3, 0.4) is 0 Å². The molecule has 114 valence electrons. The molecule has 0 spiro atoms. The number of aromatic nitrogens is 1. The Bertz CT molecular complexity index is 566. The lowest BCUT2D eigenvalue weighted by Crippen LogP contribution is -2.54. The van der Waals surface area contributed by atoms with Crippen molar-refractivity contribution in [2.24, 2.45) is 5.92 Å². The van der Waals surface area contributed by atoms with Gasteiger partial charge in [-0.3, -0.25) is 4.79 Å². The Hall–Kier alpha value is -1.33. The Labute approximate surface area is 129 Å². The number of hydrogen-bond donors (Lipinski definition) is 2. The number of carbonyl (C=O) groups excluding carboxylic acids is 1. The van der Waals surface area contributed by atoms with Gasteiger partial charge in [-0.05, 0) is 25.3 Å². The molecule has 1 aliphatic carbocycles. The van der Waals surface area contributed by atoms with Crippen LogP contribution in [0.25, 0.3) is 0 Å². The van der Waals surface area contributed by atoms with E-state index < -0.39 is 5.60 Å². The van der Waals surface area contributed by atoms with Crippen LogP contribution < -0.4 is 5.73 Å². The molecule has 1 saturated heterocycles. The van der Waals surface area contributed by atoms with E-state index in [1.165, 1.54) is 12.3 Å². The highest BCUT2D eigenvalue weighted by Crippen LogP contribution is 2.40. The summed E-state index contributed by atoms with van der Waals surface area (Å²) in [7, 11) is 0. The second kappa shape index (κ2) is 5.46. The maximum Gasteiger partial charge on any atom is 0.255 e. The summed E-state index contributed by atoms with van der Waals surface area (Å²) in [6.45, 7) is 1.15. The number of carbonyl (C=O) groups is 1. The molecule has 1 aliphatic heterocycles. The van der Waals surface area contributed by atoms with Crippen LogP contribution in [0.5, 0.6) is 0 Å². The Morgan fingerprint density at radius 3 is 3.10 bits per heavy atom. The van der Waals surface area contributed by atoms with Crippen molar-refractivity contribution in [3.05, 3.63) is 22.8 Å². The monoisotopic (exact) mass is 309 g/mol. The molecule has 2 fully saturated rings. The van der Waals surface area contributed by atoms with Crippen LogP contribution in [0.2, 0.25) is 5.02 Å². The molecule has 0 bridgehead atoms. The molecular formula is C15H20ClN3O2. The van der Waals surface area contributed by atoms with Gasteiger partial charge in [0.25, 0.3) is 5.91 Å². The highest BCUT2D eigenvalue weighted by Gasteiger charge is 2.43. The lowest BCUT2D eigenvalue weighted by Gasteiger charge is -2.47. The van der Waals surface area contributed by atoms with Gasteiger partial charge >= 0.3 is 0 Å². The van der Waals surface area contributed by atoms with Crippen molar-refractivity contribution in [2.45, 2.75) is 37.7 Å². The zero-order valence-corrected chi connectivity index (χ0v) is 12.6. The largest absolute Gasteiger partial charge is 0.389 e. The fourth-order valence-electron chi connectivity index (χ4n) is 3.54. The highest BCUT2D eigenvalue weighted by molar-refractivity contribution is 6.33. The zero-order valence-electron chi connectivity index (χ0n) is 11.9. The smallest absolute Gasteiger partial charge is 0.255 e. The highest BCUT2D eigenvalue weighted by atomic mass is 35.5. The number of piperidine rings is 1. The number of nitrogens with zero attached hydrogens (tertiary/aromatic N) is 2. The molecule has 2 heterocycles. The maximum atomic E-state index is 12.6. The van der Waals surface area contributed by atoms with Crippen LogP contribution in [0.1, 0.15) is 42.5 Å². The second-order valence-corrected chi connectivity index (χ2v) is 6.54. The quantitative estimate of drug-likeness (QED) is 0.832. The van der Waals surface area contributed by atoms with Gasteiger partial charge in [0.2, 0.25) is 0 Å². The van der Waals surface area contributed by atoms with Gasteiger partial charge in [0, 0.05) is 25.2 Å². The first-order valence-corrected chi connectivity index (χ1v) is 7.80. The van der Waals surface area contributed by atoms with Crippen LogP contribution >= 0.6 is 11.6 Å². The third-order valence-electron chi connectivity index (χ3n) is 4.82. The van der Waals surface area contributed by atoms with Crippen LogP contribution in [-0.4, -0.2) is 39.6 Å². The van der Waals surface area contributed by atoms with Crippen molar-refractivity contribution in [3.63, 3.8) is 0 Å². The fraction of sp³-hybridized carbons (Fsp3) is 0.600. The van der Waals surface area contributed by atoms with Crippen molar-refractivity contribution in [1.29, 1.82) is 0 Å². The number of pyridine rings is 1. The lowest BCUT2D eigenvalue weighted by atomic mass is 9.71. The topological polar surface area (TPSA) is 79.5 Å². The minimum absolute atomic E-state index is 0.123. The van der Waals surface area contributed by atoms with Gasteiger partial charge in [-0.15, -0.1) is 0 Å². The molecule has 2 unspecified atom stereocenters. The van der Waals surface area contributed by atoms with E-state index in [4.69, 9.17) is 17.3 Å². The van der Waals surface area contributed by atoms with E-state index in [1.54, 1.807) is 4.90 Å². The predicted molar refractivity (Wildman–Crippen MR) is 81.1 cm³/mol. The van der Waals surface area contributed by atoms with E-state index in [0.29, 0.717) is 30.1 Å². The lowest BCUT2D eigenvalue weighted by molar-refractivity contribution is -0.0886. The van der Waals surface area contributed by atoms with Crippen molar-refractivity contribution >= 4 is 23.3 Å². The second-order valence-electron chi connectivity index (χ2n) is 6.14. The molecule has 6 heteroatoms. The van der Waals surface area contributed by atoms with Gasteiger partial charge in [-0.2, -0.15) is 0 Å². The third kappa shape index (κ3) is 2.72. The molecule has 3 N–H and O–H groups in total. The molecule has 0 radical (unpaired) electrons. The molecule has 21 heavy (non-hydrogen) atoms. The van der Waals surface area contributed by atoms with Gasteiger partial charge < -0.3 is 15.7 Å². The third-order valence-corrected chi connectivity index (χ3v) is 5.12. The molecule has 1 amide bonds. The van der Waals surface area contributed by atoms with E-state index in [1.807, 2.05) is 0 Å². The molecule has 1 aromatic rings.